The zero-order valence-electron chi connectivity index (χ0n) is 16.6. The lowest BCUT2D eigenvalue weighted by molar-refractivity contribution is 0.222. The maximum Gasteiger partial charge on any atom is 0.0486 e. The normalized spacial score (nSPS) is 21.7. The predicted octanol–water partition coefficient (Wildman–Crippen LogP) is 5.53. The molecule has 2 aliphatic rings. The number of nitrogens with zero attached hydrogens (tertiary/aromatic N) is 2. The van der Waals surface area contributed by atoms with Crippen LogP contribution in [0.5, 0.6) is 0 Å². The van der Waals surface area contributed by atoms with E-state index in [1.165, 1.54) is 47.7 Å². The summed E-state index contributed by atoms with van der Waals surface area (Å²) < 4.78 is 2.67. The lowest BCUT2D eigenvalue weighted by Gasteiger charge is -2.32. The molecular weight excluding hydrogens is 328 g/mol. The molecule has 0 aliphatic carbocycles. The molecular formula is C25H30N2. The number of rotatable bonds is 5. The topological polar surface area (TPSA) is 8.17 Å². The van der Waals surface area contributed by atoms with Gasteiger partial charge in [-0.2, -0.15) is 0 Å². The van der Waals surface area contributed by atoms with Gasteiger partial charge in [0.1, 0.15) is 0 Å². The van der Waals surface area contributed by atoms with Crippen LogP contribution in [0.4, 0.5) is 0 Å². The molecule has 140 valence electrons. The van der Waals surface area contributed by atoms with Gasteiger partial charge in [0.2, 0.25) is 0 Å². The molecule has 2 atom stereocenters. The zero-order valence-corrected chi connectivity index (χ0v) is 16.6. The largest absolute Gasteiger partial charge is 0.344 e. The van der Waals surface area contributed by atoms with E-state index in [1.807, 2.05) is 0 Å². The molecule has 1 aromatic heterocycles. The van der Waals surface area contributed by atoms with Crippen LogP contribution in [0.2, 0.25) is 0 Å². The molecule has 0 amide bonds. The third-order valence-corrected chi connectivity index (χ3v) is 6.98. The van der Waals surface area contributed by atoms with Crippen molar-refractivity contribution in [3.05, 3.63) is 70.9 Å². The van der Waals surface area contributed by atoms with Crippen LogP contribution in [-0.2, 0) is 25.8 Å². The number of aromatic nitrogens is 1. The van der Waals surface area contributed by atoms with Crippen molar-refractivity contribution in [3.8, 4) is 0 Å². The molecule has 0 saturated carbocycles. The highest BCUT2D eigenvalue weighted by molar-refractivity contribution is 5.87. The maximum absolute atomic E-state index is 2.67. The highest BCUT2D eigenvalue weighted by Gasteiger charge is 2.40. The first kappa shape index (κ1) is 17.1. The fraction of sp³-hybridized carbons (Fsp3) is 0.440. The molecule has 2 unspecified atom stereocenters. The molecule has 2 aliphatic heterocycles. The van der Waals surface area contributed by atoms with Gasteiger partial charge in [-0.25, -0.2) is 0 Å². The summed E-state index contributed by atoms with van der Waals surface area (Å²) in [6.45, 7) is 3.40. The minimum absolute atomic E-state index is 0.628. The Labute approximate surface area is 162 Å². The Morgan fingerprint density at radius 2 is 1.85 bits per heavy atom. The molecule has 5 rings (SSSR count). The lowest BCUT2D eigenvalue weighted by Crippen LogP contribution is -2.34. The van der Waals surface area contributed by atoms with Gasteiger partial charge in [0, 0.05) is 41.6 Å². The van der Waals surface area contributed by atoms with Gasteiger partial charge in [-0.1, -0.05) is 43.3 Å². The number of fused-ring (bicyclic) bond motifs is 6. The van der Waals surface area contributed by atoms with Gasteiger partial charge in [0.15, 0.2) is 0 Å². The molecule has 2 aromatic carbocycles. The fourth-order valence-corrected chi connectivity index (χ4v) is 5.46. The smallest absolute Gasteiger partial charge is 0.0486 e. The van der Waals surface area contributed by atoms with Gasteiger partial charge in [-0.3, -0.25) is 4.90 Å². The summed E-state index contributed by atoms with van der Waals surface area (Å²) >= 11 is 0. The minimum Gasteiger partial charge on any atom is -0.344 e. The molecule has 0 spiro atoms. The summed E-state index contributed by atoms with van der Waals surface area (Å²) in [6, 6.07) is 19.5. The van der Waals surface area contributed by atoms with Gasteiger partial charge < -0.3 is 4.57 Å². The predicted molar refractivity (Wildman–Crippen MR) is 113 cm³/mol. The highest BCUT2D eigenvalue weighted by atomic mass is 15.2. The lowest BCUT2D eigenvalue weighted by atomic mass is 9.96. The van der Waals surface area contributed by atoms with Crippen molar-refractivity contribution in [2.75, 3.05) is 7.05 Å². The van der Waals surface area contributed by atoms with E-state index in [4.69, 9.17) is 0 Å². The first-order valence-corrected chi connectivity index (χ1v) is 10.7. The monoisotopic (exact) mass is 358 g/mol. The van der Waals surface area contributed by atoms with Crippen LogP contribution in [0.3, 0.4) is 0 Å². The second kappa shape index (κ2) is 6.83. The van der Waals surface area contributed by atoms with Crippen LogP contribution in [0.1, 0.15) is 54.6 Å². The van der Waals surface area contributed by atoms with E-state index in [2.05, 4.69) is 72.0 Å². The zero-order chi connectivity index (χ0) is 18.4. The summed E-state index contributed by atoms with van der Waals surface area (Å²) in [6.07, 6.45) is 7.40. The average molecular weight is 359 g/mol. The molecule has 3 heterocycles. The molecule has 0 radical (unpaired) electrons. The van der Waals surface area contributed by atoms with Crippen molar-refractivity contribution < 1.29 is 0 Å². The average Bonchev–Trinajstić information content (AvgIpc) is 3.12. The second-order valence-electron chi connectivity index (χ2n) is 8.42. The Hall–Kier alpha value is -2.06. The first-order chi connectivity index (χ1) is 13.3. The van der Waals surface area contributed by atoms with E-state index >= 15 is 0 Å². The molecule has 2 nitrogen and oxygen atoms in total. The molecule has 1 fully saturated rings. The second-order valence-corrected chi connectivity index (χ2v) is 8.42. The number of benzene rings is 2. The summed E-state index contributed by atoms with van der Waals surface area (Å²) in [7, 11) is 2.34. The molecule has 0 N–H and O–H groups in total. The van der Waals surface area contributed by atoms with Crippen LogP contribution in [0.15, 0.2) is 48.5 Å². The van der Waals surface area contributed by atoms with E-state index in [-0.39, 0.29) is 0 Å². The number of hydrogen-bond donors (Lipinski definition) is 0. The summed E-state index contributed by atoms with van der Waals surface area (Å²) in [5.74, 6) is 0. The Morgan fingerprint density at radius 3 is 2.67 bits per heavy atom. The van der Waals surface area contributed by atoms with Crippen LogP contribution in [-0.4, -0.2) is 22.6 Å². The SMILES string of the molecule is CCc1ccc2c(c1)c1c(n2CCCc2ccccc2)CC2CCC1N2C. The van der Waals surface area contributed by atoms with Gasteiger partial charge in [0.05, 0.1) is 0 Å². The number of hydrogen-bond acceptors (Lipinski definition) is 1. The fourth-order valence-electron chi connectivity index (χ4n) is 5.46. The third-order valence-electron chi connectivity index (χ3n) is 6.98. The van der Waals surface area contributed by atoms with Gasteiger partial charge in [-0.05, 0) is 68.0 Å². The van der Waals surface area contributed by atoms with E-state index in [0.29, 0.717) is 6.04 Å². The standard InChI is InChI=1S/C25H30N2/c1-3-18-11-13-22-21(16-18)25-23-14-12-20(26(23)2)17-24(25)27(22)15-7-10-19-8-5-4-6-9-19/h4-6,8-9,11,13,16,20,23H,3,7,10,12,14-15,17H2,1-2H3. The molecule has 1 saturated heterocycles. The molecule has 27 heavy (non-hydrogen) atoms. The summed E-state index contributed by atoms with van der Waals surface area (Å²) in [5, 5.41) is 1.53. The van der Waals surface area contributed by atoms with Crippen molar-refractivity contribution in [3.63, 3.8) is 0 Å². The van der Waals surface area contributed by atoms with Crippen molar-refractivity contribution in [2.45, 2.75) is 64.1 Å². The Morgan fingerprint density at radius 1 is 1.00 bits per heavy atom. The van der Waals surface area contributed by atoms with E-state index in [0.717, 1.165) is 25.4 Å². The Bertz CT molecular complexity index is 953. The van der Waals surface area contributed by atoms with Crippen molar-refractivity contribution in [1.29, 1.82) is 0 Å². The molecule has 3 aromatic rings. The maximum atomic E-state index is 2.67. The van der Waals surface area contributed by atoms with Crippen molar-refractivity contribution >= 4 is 10.9 Å². The van der Waals surface area contributed by atoms with Crippen LogP contribution < -0.4 is 0 Å². The third kappa shape index (κ3) is 2.82. The van der Waals surface area contributed by atoms with E-state index in [1.54, 1.807) is 11.3 Å². The summed E-state index contributed by atoms with van der Waals surface area (Å²) in [4.78, 5) is 2.65. The van der Waals surface area contributed by atoms with Gasteiger partial charge in [0.25, 0.3) is 0 Å². The summed E-state index contributed by atoms with van der Waals surface area (Å²) in [5.41, 5.74) is 7.67. The molecule has 2 heteroatoms. The van der Waals surface area contributed by atoms with Crippen LogP contribution >= 0.6 is 0 Å². The number of likely N-dealkylation sites (N-methyl/N-ethyl adjacent to an activating group) is 1. The minimum atomic E-state index is 0.628. The van der Waals surface area contributed by atoms with Crippen LogP contribution in [0, 0.1) is 0 Å². The van der Waals surface area contributed by atoms with Crippen LogP contribution in [0.25, 0.3) is 10.9 Å². The van der Waals surface area contributed by atoms with Gasteiger partial charge in [-0.15, -0.1) is 0 Å². The van der Waals surface area contributed by atoms with E-state index in [9.17, 15) is 0 Å². The Balaban J connectivity index is 1.53. The Kier molecular flexibility index (Phi) is 4.32. The highest BCUT2D eigenvalue weighted by Crippen LogP contribution is 2.47. The van der Waals surface area contributed by atoms with E-state index < -0.39 is 0 Å². The quantitative estimate of drug-likeness (QED) is 0.582. The number of aryl methyl sites for hydroxylation is 3. The van der Waals surface area contributed by atoms with Crippen molar-refractivity contribution in [1.82, 2.24) is 9.47 Å². The molecule has 2 bridgehead atoms. The first-order valence-electron chi connectivity index (χ1n) is 10.7. The van der Waals surface area contributed by atoms with Gasteiger partial charge >= 0.3 is 0 Å². The van der Waals surface area contributed by atoms with Crippen molar-refractivity contribution in [2.24, 2.45) is 0 Å².